The number of benzene rings is 1. The van der Waals surface area contributed by atoms with Crippen LogP contribution in [0.15, 0.2) is 12.1 Å². The number of rotatable bonds is 6. The highest BCUT2D eigenvalue weighted by Crippen LogP contribution is 2.37. The summed E-state index contributed by atoms with van der Waals surface area (Å²) >= 11 is 6.13. The van der Waals surface area contributed by atoms with Crippen LogP contribution in [-0.4, -0.2) is 53.0 Å². The van der Waals surface area contributed by atoms with Gasteiger partial charge in [-0.3, -0.25) is 9.69 Å². The molecule has 128 valence electrons. The van der Waals surface area contributed by atoms with Crippen LogP contribution in [0.5, 0.6) is 11.5 Å². The second kappa shape index (κ2) is 7.38. The summed E-state index contributed by atoms with van der Waals surface area (Å²) < 4.78 is 11.2. The maximum Gasteiger partial charge on any atom is 0.321 e. The number of β-amino-alcohol motifs (C(OH)–C–C–N with tert-alkyl or cyclic N) is 1. The van der Waals surface area contributed by atoms with Gasteiger partial charge in [0.15, 0.2) is 11.5 Å². The van der Waals surface area contributed by atoms with Crippen molar-refractivity contribution in [3.63, 3.8) is 0 Å². The molecule has 7 heteroatoms. The fourth-order valence-corrected chi connectivity index (χ4v) is 3.02. The van der Waals surface area contributed by atoms with Gasteiger partial charge >= 0.3 is 5.97 Å². The monoisotopic (exact) mass is 343 g/mol. The fraction of sp³-hybridized carbons (Fsp3) is 0.562. The third-order valence-corrected chi connectivity index (χ3v) is 3.93. The van der Waals surface area contributed by atoms with Crippen molar-refractivity contribution in [2.75, 3.05) is 13.7 Å². The van der Waals surface area contributed by atoms with Crippen LogP contribution in [0.25, 0.3) is 0 Å². The van der Waals surface area contributed by atoms with E-state index >= 15 is 0 Å². The van der Waals surface area contributed by atoms with E-state index in [0.717, 1.165) is 5.56 Å². The lowest BCUT2D eigenvalue weighted by Crippen LogP contribution is -2.35. The van der Waals surface area contributed by atoms with Gasteiger partial charge in [-0.15, -0.1) is 0 Å². The summed E-state index contributed by atoms with van der Waals surface area (Å²) in [6.07, 6.45) is -0.497. The smallest absolute Gasteiger partial charge is 0.321 e. The zero-order chi connectivity index (χ0) is 17.1. The Morgan fingerprint density at radius 3 is 2.74 bits per heavy atom. The molecule has 2 atom stereocenters. The molecule has 0 unspecified atom stereocenters. The van der Waals surface area contributed by atoms with Crippen LogP contribution in [0, 0.1) is 0 Å². The SMILES string of the molecule is COc1cc(Cl)cc(CN2C[C@H](O)C[C@H]2C(=O)O)c1OC(C)C. The molecule has 1 fully saturated rings. The van der Waals surface area contributed by atoms with E-state index in [-0.39, 0.29) is 12.5 Å². The molecule has 1 aromatic carbocycles. The van der Waals surface area contributed by atoms with E-state index in [4.69, 9.17) is 21.1 Å². The lowest BCUT2D eigenvalue weighted by molar-refractivity contribution is -0.142. The minimum Gasteiger partial charge on any atom is -0.493 e. The average molecular weight is 344 g/mol. The summed E-state index contributed by atoms with van der Waals surface area (Å²) in [5.41, 5.74) is 0.739. The lowest BCUT2D eigenvalue weighted by atomic mass is 10.1. The number of carbonyl (C=O) groups is 1. The van der Waals surface area contributed by atoms with Crippen molar-refractivity contribution >= 4 is 17.6 Å². The Hall–Kier alpha value is -1.50. The van der Waals surface area contributed by atoms with Gasteiger partial charge in [0.25, 0.3) is 0 Å². The molecule has 0 aliphatic carbocycles. The van der Waals surface area contributed by atoms with Gasteiger partial charge in [-0.25, -0.2) is 0 Å². The van der Waals surface area contributed by atoms with Crippen LogP contribution < -0.4 is 9.47 Å². The molecule has 23 heavy (non-hydrogen) atoms. The van der Waals surface area contributed by atoms with E-state index in [1.165, 1.54) is 7.11 Å². The molecule has 0 amide bonds. The quantitative estimate of drug-likeness (QED) is 0.824. The van der Waals surface area contributed by atoms with E-state index in [9.17, 15) is 15.0 Å². The molecule has 0 spiro atoms. The molecule has 6 nitrogen and oxygen atoms in total. The molecule has 1 aliphatic heterocycles. The molecule has 0 radical (unpaired) electrons. The van der Waals surface area contributed by atoms with Crippen molar-refractivity contribution in [2.45, 2.75) is 45.1 Å². The number of hydrogen-bond acceptors (Lipinski definition) is 5. The number of carboxylic acid groups (broad SMARTS) is 1. The number of methoxy groups -OCH3 is 1. The predicted molar refractivity (Wildman–Crippen MR) is 86.2 cm³/mol. The second-order valence-electron chi connectivity index (χ2n) is 5.94. The Labute approximate surface area is 140 Å². The summed E-state index contributed by atoms with van der Waals surface area (Å²) in [5, 5.41) is 19.6. The van der Waals surface area contributed by atoms with Crippen LogP contribution in [0.1, 0.15) is 25.8 Å². The summed E-state index contributed by atoms with van der Waals surface area (Å²) in [6, 6.07) is 2.68. The predicted octanol–water partition coefficient (Wildman–Crippen LogP) is 2.16. The highest BCUT2D eigenvalue weighted by atomic mass is 35.5. The Bertz CT molecular complexity index is 578. The van der Waals surface area contributed by atoms with Gasteiger partial charge in [-0.1, -0.05) is 11.6 Å². The first-order chi connectivity index (χ1) is 10.8. The third-order valence-electron chi connectivity index (χ3n) is 3.71. The lowest BCUT2D eigenvalue weighted by Gasteiger charge is -2.24. The van der Waals surface area contributed by atoms with Gasteiger partial charge in [0, 0.05) is 36.2 Å². The molecule has 2 rings (SSSR count). The maximum absolute atomic E-state index is 11.4. The van der Waals surface area contributed by atoms with Crippen LogP contribution in [-0.2, 0) is 11.3 Å². The number of aliphatic hydroxyl groups excluding tert-OH is 1. The van der Waals surface area contributed by atoms with Gasteiger partial charge in [0.1, 0.15) is 6.04 Å². The number of carboxylic acids is 1. The Kier molecular flexibility index (Phi) is 5.73. The largest absolute Gasteiger partial charge is 0.493 e. The first kappa shape index (κ1) is 17.8. The first-order valence-corrected chi connectivity index (χ1v) is 7.87. The summed E-state index contributed by atoms with van der Waals surface area (Å²) in [7, 11) is 1.53. The van der Waals surface area contributed by atoms with Gasteiger partial charge in [-0.05, 0) is 19.9 Å². The molecule has 0 aromatic heterocycles. The van der Waals surface area contributed by atoms with E-state index in [2.05, 4.69) is 0 Å². The first-order valence-electron chi connectivity index (χ1n) is 7.49. The zero-order valence-electron chi connectivity index (χ0n) is 13.5. The van der Waals surface area contributed by atoms with Crippen LogP contribution >= 0.6 is 11.6 Å². The Morgan fingerprint density at radius 1 is 1.48 bits per heavy atom. The number of nitrogens with zero attached hydrogens (tertiary/aromatic N) is 1. The van der Waals surface area contributed by atoms with Crippen LogP contribution in [0.2, 0.25) is 5.02 Å². The maximum atomic E-state index is 11.4. The summed E-state index contributed by atoms with van der Waals surface area (Å²) in [6.45, 7) is 4.41. The summed E-state index contributed by atoms with van der Waals surface area (Å²) in [5.74, 6) is 0.118. The van der Waals surface area contributed by atoms with Gasteiger partial charge < -0.3 is 19.7 Å². The van der Waals surface area contributed by atoms with Crippen molar-refractivity contribution in [1.82, 2.24) is 4.90 Å². The van der Waals surface area contributed by atoms with Gasteiger partial charge in [0.2, 0.25) is 0 Å². The summed E-state index contributed by atoms with van der Waals surface area (Å²) in [4.78, 5) is 13.1. The second-order valence-corrected chi connectivity index (χ2v) is 6.37. The molecule has 0 bridgehead atoms. The molecule has 1 aromatic rings. The number of hydrogen-bond donors (Lipinski definition) is 2. The standard InChI is InChI=1S/C16H22ClNO5/c1-9(2)23-15-10(4-11(17)5-14(15)22-3)7-18-8-12(19)6-13(18)16(20)21/h4-5,9,12-13,19H,6-8H2,1-3H3,(H,20,21)/t12-,13+/m1/s1. The minimum atomic E-state index is -0.943. The number of aliphatic hydroxyl groups is 1. The van der Waals surface area contributed by atoms with E-state index in [1.54, 1.807) is 17.0 Å². The molecule has 0 saturated carbocycles. The number of likely N-dealkylation sites (tertiary alicyclic amines) is 1. The van der Waals surface area contributed by atoms with Crippen LogP contribution in [0.3, 0.4) is 0 Å². The topological polar surface area (TPSA) is 79.2 Å². The van der Waals surface area contributed by atoms with Crippen molar-refractivity contribution in [3.8, 4) is 11.5 Å². The van der Waals surface area contributed by atoms with Crippen molar-refractivity contribution in [3.05, 3.63) is 22.7 Å². The Morgan fingerprint density at radius 2 is 2.17 bits per heavy atom. The van der Waals surface area contributed by atoms with Crippen LogP contribution in [0.4, 0.5) is 0 Å². The molecule has 1 saturated heterocycles. The van der Waals surface area contributed by atoms with Crippen molar-refractivity contribution in [1.29, 1.82) is 0 Å². The molecule has 1 heterocycles. The number of aliphatic carboxylic acids is 1. The number of ether oxygens (including phenoxy) is 2. The van der Waals surface area contributed by atoms with Crippen molar-refractivity contribution in [2.24, 2.45) is 0 Å². The third kappa shape index (κ3) is 4.28. The molecule has 1 aliphatic rings. The van der Waals surface area contributed by atoms with Gasteiger partial charge in [-0.2, -0.15) is 0 Å². The van der Waals surface area contributed by atoms with Crippen molar-refractivity contribution < 1.29 is 24.5 Å². The average Bonchev–Trinajstić information content (AvgIpc) is 2.82. The fourth-order valence-electron chi connectivity index (χ4n) is 2.79. The minimum absolute atomic E-state index is 0.0664. The van der Waals surface area contributed by atoms with E-state index in [0.29, 0.717) is 29.6 Å². The number of halogens is 1. The molecular formula is C16H22ClNO5. The normalized spacial score (nSPS) is 21.7. The highest BCUT2D eigenvalue weighted by Gasteiger charge is 2.36. The van der Waals surface area contributed by atoms with E-state index < -0.39 is 18.1 Å². The van der Waals surface area contributed by atoms with Gasteiger partial charge in [0.05, 0.1) is 19.3 Å². The van der Waals surface area contributed by atoms with E-state index in [1.807, 2.05) is 13.8 Å². The Balaban J connectivity index is 2.34. The molecule has 2 N–H and O–H groups in total. The molecular weight excluding hydrogens is 322 g/mol. The highest BCUT2D eigenvalue weighted by molar-refractivity contribution is 6.30. The zero-order valence-corrected chi connectivity index (χ0v) is 14.2.